The molecule has 1 aromatic rings. The van der Waals surface area contributed by atoms with Crippen LogP contribution in [0.3, 0.4) is 0 Å². The third-order valence-electron chi connectivity index (χ3n) is 3.00. The third kappa shape index (κ3) is 3.93. The second-order valence-corrected chi connectivity index (χ2v) is 7.10. The molecule has 0 aliphatic rings. The van der Waals surface area contributed by atoms with Crippen molar-refractivity contribution in [1.82, 2.24) is 0 Å². The van der Waals surface area contributed by atoms with Gasteiger partial charge in [0.1, 0.15) is 11.6 Å². The van der Waals surface area contributed by atoms with Gasteiger partial charge in [-0.15, -0.1) is 0 Å². The Labute approximate surface area is 121 Å². The molecule has 0 amide bonds. The molecule has 8 heteroatoms. The number of rotatable bonds is 5. The van der Waals surface area contributed by atoms with E-state index >= 15 is 0 Å². The summed E-state index contributed by atoms with van der Waals surface area (Å²) in [5.74, 6) is -3.63. The van der Waals surface area contributed by atoms with Gasteiger partial charge in [0.25, 0.3) is 0 Å². The van der Waals surface area contributed by atoms with Crippen LogP contribution in [-0.4, -0.2) is 15.4 Å². The van der Waals surface area contributed by atoms with Gasteiger partial charge >= 0.3 is 0 Å². The maximum Gasteiger partial charge on any atom is 0.245 e. The highest BCUT2D eigenvalue weighted by atomic mass is 35.5. The molecule has 1 aromatic carbocycles. The Morgan fingerprint density at radius 1 is 1.30 bits per heavy atom. The van der Waals surface area contributed by atoms with E-state index in [4.69, 9.17) is 16.7 Å². The summed E-state index contributed by atoms with van der Waals surface area (Å²) in [6.45, 7) is 2.84. The van der Waals surface area contributed by atoms with Crippen molar-refractivity contribution in [3.63, 3.8) is 0 Å². The first-order chi connectivity index (χ1) is 9.06. The van der Waals surface area contributed by atoms with Gasteiger partial charge in [-0.2, -0.15) is 0 Å². The Hall–Kier alpha value is -0.660. The number of hydrogen-bond donors (Lipinski definition) is 1. The standard InChI is InChI=1S/C12H14ClF4NOS/c1-12(2,20(18)19)5-7(11(16)17)6-3-10(15)8(13)4-9(6)14/h3-4,7,11H,5,18H2,1-2H3/t7-,20?/m0/s1. The van der Waals surface area contributed by atoms with Crippen LogP contribution >= 0.6 is 11.6 Å². The summed E-state index contributed by atoms with van der Waals surface area (Å²) in [5.41, 5.74) is -0.500. The van der Waals surface area contributed by atoms with Crippen LogP contribution < -0.4 is 5.14 Å². The van der Waals surface area contributed by atoms with Crippen LogP contribution in [0.1, 0.15) is 31.7 Å². The highest BCUT2D eigenvalue weighted by molar-refractivity contribution is 7.84. The van der Waals surface area contributed by atoms with E-state index < -0.39 is 50.3 Å². The monoisotopic (exact) mass is 331 g/mol. The van der Waals surface area contributed by atoms with Gasteiger partial charge in [0, 0.05) is 5.92 Å². The van der Waals surface area contributed by atoms with Gasteiger partial charge in [0.15, 0.2) is 0 Å². The predicted octanol–water partition coefficient (Wildman–Crippen LogP) is 3.76. The van der Waals surface area contributed by atoms with Crippen molar-refractivity contribution in [3.8, 4) is 0 Å². The molecule has 1 rings (SSSR count). The SMILES string of the molecule is CC(C)(C[C@@H](c1cc(F)c(Cl)cc1F)C(F)F)S(N)=O. The zero-order valence-corrected chi connectivity index (χ0v) is 12.4. The van der Waals surface area contributed by atoms with E-state index in [0.29, 0.717) is 12.1 Å². The molecular formula is C12H14ClF4NOS. The average Bonchev–Trinajstić information content (AvgIpc) is 2.30. The zero-order valence-electron chi connectivity index (χ0n) is 10.8. The lowest BCUT2D eigenvalue weighted by atomic mass is 9.89. The van der Waals surface area contributed by atoms with Gasteiger partial charge < -0.3 is 0 Å². The van der Waals surface area contributed by atoms with E-state index in [2.05, 4.69) is 0 Å². The Balaban J connectivity index is 3.22. The van der Waals surface area contributed by atoms with E-state index in [9.17, 15) is 21.8 Å². The van der Waals surface area contributed by atoms with Crippen LogP contribution in [0, 0.1) is 11.6 Å². The minimum absolute atomic E-state index is 0.355. The molecule has 0 bridgehead atoms. The Bertz CT molecular complexity index is 524. The quantitative estimate of drug-likeness (QED) is 0.648. The Morgan fingerprint density at radius 3 is 2.30 bits per heavy atom. The van der Waals surface area contributed by atoms with Gasteiger partial charge in [0.05, 0.1) is 20.8 Å². The van der Waals surface area contributed by atoms with Gasteiger partial charge in [-0.3, -0.25) is 5.14 Å². The van der Waals surface area contributed by atoms with Gasteiger partial charge in [-0.1, -0.05) is 11.6 Å². The Kier molecular flexibility index (Phi) is 5.57. The van der Waals surface area contributed by atoms with Crippen molar-refractivity contribution in [2.24, 2.45) is 5.14 Å². The van der Waals surface area contributed by atoms with Crippen molar-refractivity contribution in [2.45, 2.75) is 37.4 Å². The van der Waals surface area contributed by atoms with Gasteiger partial charge in [-0.05, 0) is 38.0 Å². The van der Waals surface area contributed by atoms with Crippen molar-refractivity contribution >= 4 is 22.6 Å². The van der Waals surface area contributed by atoms with Crippen LogP contribution in [0.4, 0.5) is 17.6 Å². The predicted molar refractivity (Wildman–Crippen MR) is 71.1 cm³/mol. The minimum Gasteiger partial charge on any atom is -0.251 e. The molecule has 0 saturated heterocycles. The summed E-state index contributed by atoms with van der Waals surface area (Å²) in [7, 11) is -1.88. The minimum atomic E-state index is -2.95. The third-order valence-corrected chi connectivity index (χ3v) is 4.54. The molecule has 20 heavy (non-hydrogen) atoms. The van der Waals surface area contributed by atoms with Crippen LogP contribution in [0.25, 0.3) is 0 Å². The molecule has 2 N–H and O–H groups in total. The van der Waals surface area contributed by atoms with E-state index in [1.54, 1.807) is 0 Å². The summed E-state index contributed by atoms with van der Waals surface area (Å²) in [5, 5.41) is 4.74. The maximum absolute atomic E-state index is 13.7. The normalized spacial score (nSPS) is 15.4. The number of benzene rings is 1. The van der Waals surface area contributed by atoms with Crippen LogP contribution in [0.15, 0.2) is 12.1 Å². The van der Waals surface area contributed by atoms with Gasteiger partial charge in [0.2, 0.25) is 6.43 Å². The van der Waals surface area contributed by atoms with Crippen molar-refractivity contribution in [2.75, 3.05) is 0 Å². The Morgan fingerprint density at radius 2 is 1.85 bits per heavy atom. The van der Waals surface area contributed by atoms with Crippen LogP contribution in [0.2, 0.25) is 5.02 Å². The number of alkyl halides is 2. The first-order valence-corrected chi connectivity index (χ1v) is 7.24. The average molecular weight is 332 g/mol. The lowest BCUT2D eigenvalue weighted by Crippen LogP contribution is -2.35. The van der Waals surface area contributed by atoms with Gasteiger partial charge in [-0.25, -0.2) is 21.8 Å². The first kappa shape index (κ1) is 17.4. The highest BCUT2D eigenvalue weighted by Gasteiger charge is 2.35. The molecule has 2 nitrogen and oxygen atoms in total. The summed E-state index contributed by atoms with van der Waals surface area (Å²) < 4.78 is 63.5. The summed E-state index contributed by atoms with van der Waals surface area (Å²) in [6, 6.07) is 1.29. The van der Waals surface area contributed by atoms with E-state index in [1.165, 1.54) is 13.8 Å². The summed E-state index contributed by atoms with van der Waals surface area (Å²) in [6.07, 6.45) is -3.31. The smallest absolute Gasteiger partial charge is 0.245 e. The lowest BCUT2D eigenvalue weighted by molar-refractivity contribution is 0.104. The fourth-order valence-electron chi connectivity index (χ4n) is 1.77. The summed E-state index contributed by atoms with van der Waals surface area (Å²) >= 11 is 5.38. The zero-order chi connectivity index (χ0) is 15.7. The molecule has 0 radical (unpaired) electrons. The van der Waals surface area contributed by atoms with Crippen LogP contribution in [-0.2, 0) is 11.0 Å². The van der Waals surface area contributed by atoms with E-state index in [0.717, 1.165) is 0 Å². The molecule has 0 fully saturated rings. The van der Waals surface area contributed by atoms with Crippen molar-refractivity contribution in [3.05, 3.63) is 34.4 Å². The molecule has 1 unspecified atom stereocenters. The molecule has 0 spiro atoms. The molecule has 0 saturated carbocycles. The molecule has 0 heterocycles. The lowest BCUT2D eigenvalue weighted by Gasteiger charge is -2.27. The number of halogens is 5. The molecule has 2 atom stereocenters. The van der Waals surface area contributed by atoms with Crippen molar-refractivity contribution in [1.29, 1.82) is 0 Å². The molecular weight excluding hydrogens is 318 g/mol. The van der Waals surface area contributed by atoms with E-state index in [1.807, 2.05) is 0 Å². The fraction of sp³-hybridized carbons (Fsp3) is 0.500. The molecule has 0 aliphatic carbocycles. The van der Waals surface area contributed by atoms with Crippen molar-refractivity contribution < 1.29 is 21.8 Å². The highest BCUT2D eigenvalue weighted by Crippen LogP contribution is 2.36. The van der Waals surface area contributed by atoms with Crippen LogP contribution in [0.5, 0.6) is 0 Å². The maximum atomic E-state index is 13.7. The fourth-order valence-corrected chi connectivity index (χ4v) is 2.26. The molecule has 114 valence electrons. The van der Waals surface area contributed by atoms with E-state index in [-0.39, 0.29) is 6.42 Å². The second-order valence-electron chi connectivity index (χ2n) is 4.99. The topological polar surface area (TPSA) is 43.1 Å². The second kappa shape index (κ2) is 6.41. The first-order valence-electron chi connectivity index (χ1n) is 5.65. The summed E-state index contributed by atoms with van der Waals surface area (Å²) in [4.78, 5) is 0. The molecule has 0 aromatic heterocycles. The molecule has 0 aliphatic heterocycles. The largest absolute Gasteiger partial charge is 0.251 e. The number of nitrogens with two attached hydrogens (primary N) is 1. The number of hydrogen-bond acceptors (Lipinski definition) is 1.